The summed E-state index contributed by atoms with van der Waals surface area (Å²) in [5.41, 5.74) is 1.54. The van der Waals surface area contributed by atoms with Crippen LogP contribution < -0.4 is 10.2 Å². The van der Waals surface area contributed by atoms with Gasteiger partial charge in [-0.25, -0.2) is 0 Å². The van der Waals surface area contributed by atoms with E-state index in [1.54, 1.807) is 30.1 Å². The van der Waals surface area contributed by atoms with Crippen LogP contribution in [0.1, 0.15) is 6.42 Å². The fourth-order valence-corrected chi connectivity index (χ4v) is 2.46. The van der Waals surface area contributed by atoms with Crippen molar-refractivity contribution in [3.8, 4) is 0 Å². The summed E-state index contributed by atoms with van der Waals surface area (Å²) >= 11 is 12.1. The topological polar surface area (TPSA) is 32.3 Å². The summed E-state index contributed by atoms with van der Waals surface area (Å²) in [6, 6.07) is 14.8. The number of nitrogens with one attached hydrogen (secondary N) is 1. The number of rotatable bonds is 5. The van der Waals surface area contributed by atoms with Crippen molar-refractivity contribution in [3.63, 3.8) is 0 Å². The van der Waals surface area contributed by atoms with E-state index >= 15 is 0 Å². The third-order valence-electron chi connectivity index (χ3n) is 3.12. The zero-order chi connectivity index (χ0) is 15.2. The van der Waals surface area contributed by atoms with E-state index in [0.29, 0.717) is 28.7 Å². The largest absolute Gasteiger partial charge is 0.382 e. The van der Waals surface area contributed by atoms with E-state index in [4.69, 9.17) is 23.2 Å². The van der Waals surface area contributed by atoms with Gasteiger partial charge in [0.1, 0.15) is 0 Å². The van der Waals surface area contributed by atoms with Gasteiger partial charge >= 0.3 is 0 Å². The number of para-hydroxylation sites is 2. The Morgan fingerprint density at radius 2 is 1.67 bits per heavy atom. The molecule has 0 saturated carbocycles. The summed E-state index contributed by atoms with van der Waals surface area (Å²) < 4.78 is 0. The van der Waals surface area contributed by atoms with E-state index in [1.165, 1.54) is 0 Å². The van der Waals surface area contributed by atoms with Gasteiger partial charge in [0.15, 0.2) is 0 Å². The Morgan fingerprint density at radius 3 is 2.29 bits per heavy atom. The number of hydrogen-bond acceptors (Lipinski definition) is 2. The molecule has 0 fully saturated rings. The van der Waals surface area contributed by atoms with Crippen LogP contribution in [0.3, 0.4) is 0 Å². The van der Waals surface area contributed by atoms with Gasteiger partial charge < -0.3 is 10.2 Å². The highest BCUT2D eigenvalue weighted by Crippen LogP contribution is 2.29. The number of hydrogen-bond donors (Lipinski definition) is 1. The van der Waals surface area contributed by atoms with Crippen molar-refractivity contribution in [2.75, 3.05) is 23.8 Å². The third kappa shape index (κ3) is 4.13. The summed E-state index contributed by atoms with van der Waals surface area (Å²) in [6.07, 6.45) is 0.354. The van der Waals surface area contributed by atoms with Gasteiger partial charge in [0.05, 0.1) is 15.7 Å². The van der Waals surface area contributed by atoms with Gasteiger partial charge in [0.2, 0.25) is 5.91 Å². The number of anilines is 2. The van der Waals surface area contributed by atoms with E-state index in [-0.39, 0.29) is 5.91 Å². The monoisotopic (exact) mass is 322 g/mol. The lowest BCUT2D eigenvalue weighted by atomic mass is 10.2. The third-order valence-corrected chi connectivity index (χ3v) is 3.75. The lowest BCUT2D eigenvalue weighted by Gasteiger charge is -2.18. The average Bonchev–Trinajstić information content (AvgIpc) is 2.50. The maximum Gasteiger partial charge on any atom is 0.228 e. The summed E-state index contributed by atoms with van der Waals surface area (Å²) in [5.74, 6) is 0.0249. The molecule has 0 spiro atoms. The van der Waals surface area contributed by atoms with Crippen LogP contribution in [-0.2, 0) is 4.79 Å². The maximum absolute atomic E-state index is 12.1. The maximum atomic E-state index is 12.1. The Hall–Kier alpha value is -1.71. The van der Waals surface area contributed by atoms with Crippen molar-refractivity contribution >= 4 is 40.5 Å². The molecule has 0 radical (unpaired) electrons. The van der Waals surface area contributed by atoms with Gasteiger partial charge in [-0.3, -0.25) is 4.79 Å². The Labute approximate surface area is 134 Å². The second-order valence-electron chi connectivity index (χ2n) is 4.56. The van der Waals surface area contributed by atoms with Crippen LogP contribution in [0.25, 0.3) is 0 Å². The van der Waals surface area contributed by atoms with Gasteiger partial charge in [0, 0.05) is 25.7 Å². The van der Waals surface area contributed by atoms with Crippen molar-refractivity contribution in [1.29, 1.82) is 0 Å². The predicted molar refractivity (Wildman–Crippen MR) is 89.4 cm³/mol. The van der Waals surface area contributed by atoms with Crippen LogP contribution in [-0.4, -0.2) is 19.5 Å². The second kappa shape index (κ2) is 7.34. The highest BCUT2D eigenvalue weighted by atomic mass is 35.5. The Balaban J connectivity index is 1.90. The standard InChI is InChI=1S/C16H16Cl2N2O/c1-20(12-6-3-2-4-7-12)15(21)10-11-19-16-13(17)8-5-9-14(16)18/h2-9,19H,10-11H2,1H3. The minimum absolute atomic E-state index is 0.0249. The normalized spacial score (nSPS) is 10.2. The number of carbonyl (C=O) groups excluding carboxylic acids is 1. The Kier molecular flexibility index (Phi) is 5.48. The smallest absolute Gasteiger partial charge is 0.228 e. The number of carbonyl (C=O) groups is 1. The van der Waals surface area contributed by atoms with Crippen LogP contribution in [0.2, 0.25) is 10.0 Å². The molecule has 2 aromatic rings. The van der Waals surface area contributed by atoms with Crippen LogP contribution in [0.15, 0.2) is 48.5 Å². The zero-order valence-electron chi connectivity index (χ0n) is 11.6. The summed E-state index contributed by atoms with van der Waals surface area (Å²) in [4.78, 5) is 13.8. The van der Waals surface area contributed by atoms with Crippen LogP contribution in [0.5, 0.6) is 0 Å². The SMILES string of the molecule is CN(C(=O)CCNc1c(Cl)cccc1Cl)c1ccccc1. The molecule has 110 valence electrons. The number of halogens is 2. The number of amides is 1. The number of nitrogens with zero attached hydrogens (tertiary/aromatic N) is 1. The van der Waals surface area contributed by atoms with Gasteiger partial charge in [0.25, 0.3) is 0 Å². The van der Waals surface area contributed by atoms with Crippen molar-refractivity contribution in [1.82, 2.24) is 0 Å². The van der Waals surface area contributed by atoms with E-state index in [2.05, 4.69) is 5.32 Å². The van der Waals surface area contributed by atoms with Crippen molar-refractivity contribution in [2.45, 2.75) is 6.42 Å². The van der Waals surface area contributed by atoms with E-state index < -0.39 is 0 Å². The van der Waals surface area contributed by atoms with Crippen molar-refractivity contribution in [2.24, 2.45) is 0 Å². The molecule has 21 heavy (non-hydrogen) atoms. The molecule has 0 saturated heterocycles. The molecule has 0 aliphatic heterocycles. The molecule has 0 heterocycles. The van der Waals surface area contributed by atoms with Gasteiger partial charge in [-0.1, -0.05) is 47.5 Å². The first-order chi connectivity index (χ1) is 10.1. The van der Waals surface area contributed by atoms with E-state index in [0.717, 1.165) is 5.69 Å². The van der Waals surface area contributed by atoms with Gasteiger partial charge in [-0.2, -0.15) is 0 Å². The summed E-state index contributed by atoms with van der Waals surface area (Å²) in [5, 5.41) is 4.20. The molecule has 0 aliphatic rings. The molecule has 1 amide bonds. The molecule has 0 aliphatic carbocycles. The molecule has 2 rings (SSSR count). The number of benzene rings is 2. The average molecular weight is 323 g/mol. The Bertz CT molecular complexity index is 597. The van der Waals surface area contributed by atoms with E-state index in [1.807, 2.05) is 30.3 Å². The molecule has 0 unspecified atom stereocenters. The zero-order valence-corrected chi connectivity index (χ0v) is 13.2. The van der Waals surface area contributed by atoms with Gasteiger partial charge in [-0.15, -0.1) is 0 Å². The molecule has 1 N–H and O–H groups in total. The molecule has 3 nitrogen and oxygen atoms in total. The highest BCUT2D eigenvalue weighted by Gasteiger charge is 2.11. The molecular formula is C16H16Cl2N2O. The fourth-order valence-electron chi connectivity index (χ4n) is 1.92. The quantitative estimate of drug-likeness (QED) is 0.881. The molecule has 0 aromatic heterocycles. The van der Waals surface area contributed by atoms with Crippen molar-refractivity contribution < 1.29 is 4.79 Å². The first-order valence-electron chi connectivity index (χ1n) is 6.59. The first kappa shape index (κ1) is 15.7. The summed E-state index contributed by atoms with van der Waals surface area (Å²) in [6.45, 7) is 0.472. The fraction of sp³-hybridized carbons (Fsp3) is 0.188. The molecule has 5 heteroatoms. The molecular weight excluding hydrogens is 307 g/mol. The van der Waals surface area contributed by atoms with Gasteiger partial charge in [-0.05, 0) is 24.3 Å². The Morgan fingerprint density at radius 1 is 1.05 bits per heavy atom. The molecule has 2 aromatic carbocycles. The molecule has 0 atom stereocenters. The van der Waals surface area contributed by atoms with E-state index in [9.17, 15) is 4.79 Å². The minimum Gasteiger partial charge on any atom is -0.382 e. The molecule has 0 bridgehead atoms. The van der Waals surface area contributed by atoms with Crippen LogP contribution in [0.4, 0.5) is 11.4 Å². The highest BCUT2D eigenvalue weighted by molar-refractivity contribution is 6.39. The lowest BCUT2D eigenvalue weighted by Crippen LogP contribution is -2.27. The second-order valence-corrected chi connectivity index (χ2v) is 5.38. The lowest BCUT2D eigenvalue weighted by molar-refractivity contribution is -0.118. The first-order valence-corrected chi connectivity index (χ1v) is 7.34. The predicted octanol–water partition coefficient (Wildman–Crippen LogP) is 4.46. The van der Waals surface area contributed by atoms with Crippen LogP contribution in [0, 0.1) is 0 Å². The minimum atomic E-state index is 0.0249. The van der Waals surface area contributed by atoms with Crippen LogP contribution >= 0.6 is 23.2 Å². The summed E-state index contributed by atoms with van der Waals surface area (Å²) in [7, 11) is 1.76. The van der Waals surface area contributed by atoms with Crippen molar-refractivity contribution in [3.05, 3.63) is 58.6 Å².